The number of hydrogen-bond acceptors (Lipinski definition) is 5. The summed E-state index contributed by atoms with van der Waals surface area (Å²) in [6, 6.07) is 6.63. The lowest BCUT2D eigenvalue weighted by Crippen LogP contribution is -2.42. The van der Waals surface area contributed by atoms with Crippen LogP contribution in [0.5, 0.6) is 0 Å². The summed E-state index contributed by atoms with van der Waals surface area (Å²) in [7, 11) is 1.89. The van der Waals surface area contributed by atoms with Crippen molar-refractivity contribution in [1.82, 2.24) is 25.3 Å². The van der Waals surface area contributed by atoms with Crippen molar-refractivity contribution in [3.63, 3.8) is 0 Å². The SMILES string of the molecule is Cn1cc(CNC2CCN(c3ccccn3)CC2)nn1. The van der Waals surface area contributed by atoms with E-state index in [0.29, 0.717) is 6.04 Å². The molecule has 3 heterocycles. The number of nitrogens with zero attached hydrogens (tertiary/aromatic N) is 5. The molecule has 3 rings (SSSR count). The Morgan fingerprint density at radius 1 is 1.30 bits per heavy atom. The van der Waals surface area contributed by atoms with Crippen LogP contribution in [0.15, 0.2) is 30.6 Å². The minimum atomic E-state index is 0.553. The van der Waals surface area contributed by atoms with Gasteiger partial charge in [0.1, 0.15) is 5.82 Å². The average molecular weight is 272 g/mol. The third-order valence-corrected chi connectivity index (χ3v) is 3.69. The highest BCUT2D eigenvalue weighted by Gasteiger charge is 2.19. The van der Waals surface area contributed by atoms with Gasteiger partial charge in [-0.2, -0.15) is 0 Å². The van der Waals surface area contributed by atoms with Crippen LogP contribution in [-0.2, 0) is 13.6 Å². The molecule has 6 heteroatoms. The van der Waals surface area contributed by atoms with Gasteiger partial charge in [-0.25, -0.2) is 4.98 Å². The van der Waals surface area contributed by atoms with Gasteiger partial charge in [-0.1, -0.05) is 11.3 Å². The molecule has 0 radical (unpaired) electrons. The Morgan fingerprint density at radius 2 is 2.15 bits per heavy atom. The summed E-state index contributed by atoms with van der Waals surface area (Å²) >= 11 is 0. The van der Waals surface area contributed by atoms with Crippen molar-refractivity contribution in [3.05, 3.63) is 36.3 Å². The fourth-order valence-electron chi connectivity index (χ4n) is 2.58. The zero-order valence-corrected chi connectivity index (χ0v) is 11.7. The first-order valence-corrected chi connectivity index (χ1v) is 7.06. The van der Waals surface area contributed by atoms with Crippen molar-refractivity contribution in [2.24, 2.45) is 7.05 Å². The molecule has 20 heavy (non-hydrogen) atoms. The van der Waals surface area contributed by atoms with Gasteiger partial charge in [0.15, 0.2) is 0 Å². The highest BCUT2D eigenvalue weighted by Crippen LogP contribution is 2.17. The minimum absolute atomic E-state index is 0.553. The number of aromatic nitrogens is 4. The molecule has 1 saturated heterocycles. The van der Waals surface area contributed by atoms with Crippen molar-refractivity contribution in [2.75, 3.05) is 18.0 Å². The predicted molar refractivity (Wildman–Crippen MR) is 77.3 cm³/mol. The first-order chi connectivity index (χ1) is 9.81. The predicted octanol–water partition coefficient (Wildman–Crippen LogP) is 0.969. The molecule has 1 aliphatic rings. The molecule has 2 aromatic rings. The molecular formula is C14H20N6. The molecular weight excluding hydrogens is 252 g/mol. The van der Waals surface area contributed by atoms with E-state index >= 15 is 0 Å². The second-order valence-corrected chi connectivity index (χ2v) is 5.21. The lowest BCUT2D eigenvalue weighted by molar-refractivity contribution is 0.410. The first-order valence-electron chi connectivity index (χ1n) is 7.06. The van der Waals surface area contributed by atoms with Crippen LogP contribution in [0.2, 0.25) is 0 Å². The third-order valence-electron chi connectivity index (χ3n) is 3.69. The summed E-state index contributed by atoms with van der Waals surface area (Å²) in [6.07, 6.45) is 6.08. The van der Waals surface area contributed by atoms with E-state index in [1.54, 1.807) is 4.68 Å². The Labute approximate surface area is 118 Å². The van der Waals surface area contributed by atoms with Gasteiger partial charge >= 0.3 is 0 Å². The Balaban J connectivity index is 1.47. The van der Waals surface area contributed by atoms with Crippen molar-refractivity contribution in [1.29, 1.82) is 0 Å². The Kier molecular flexibility index (Phi) is 3.92. The molecule has 2 aromatic heterocycles. The van der Waals surface area contributed by atoms with E-state index in [9.17, 15) is 0 Å². The fourth-order valence-corrected chi connectivity index (χ4v) is 2.58. The molecule has 0 spiro atoms. The van der Waals surface area contributed by atoms with Gasteiger partial charge in [0, 0.05) is 45.1 Å². The van der Waals surface area contributed by atoms with Crippen LogP contribution in [0.25, 0.3) is 0 Å². The number of anilines is 1. The molecule has 0 unspecified atom stereocenters. The molecule has 0 amide bonds. The zero-order chi connectivity index (χ0) is 13.8. The largest absolute Gasteiger partial charge is 0.357 e. The van der Waals surface area contributed by atoms with E-state index in [0.717, 1.165) is 44.0 Å². The normalized spacial score (nSPS) is 16.6. The molecule has 0 saturated carbocycles. The summed E-state index contributed by atoms with van der Waals surface area (Å²) in [6.45, 7) is 2.90. The van der Waals surface area contributed by atoms with Gasteiger partial charge in [-0.05, 0) is 25.0 Å². The van der Waals surface area contributed by atoms with E-state index in [1.807, 2.05) is 31.6 Å². The van der Waals surface area contributed by atoms with Crippen LogP contribution in [0, 0.1) is 0 Å². The molecule has 0 atom stereocenters. The summed E-state index contributed by atoms with van der Waals surface area (Å²) in [5, 5.41) is 11.6. The van der Waals surface area contributed by atoms with Gasteiger partial charge in [0.2, 0.25) is 0 Å². The smallest absolute Gasteiger partial charge is 0.128 e. The van der Waals surface area contributed by atoms with Gasteiger partial charge in [-0.3, -0.25) is 4.68 Å². The monoisotopic (exact) mass is 272 g/mol. The summed E-state index contributed by atoms with van der Waals surface area (Å²) in [5.74, 6) is 1.08. The van der Waals surface area contributed by atoms with Gasteiger partial charge in [0.05, 0.1) is 5.69 Å². The van der Waals surface area contributed by atoms with Gasteiger partial charge in [0.25, 0.3) is 0 Å². The molecule has 1 fully saturated rings. The molecule has 106 valence electrons. The second kappa shape index (κ2) is 6.00. The van der Waals surface area contributed by atoms with E-state index < -0.39 is 0 Å². The number of hydrogen-bond donors (Lipinski definition) is 1. The maximum Gasteiger partial charge on any atom is 0.128 e. The average Bonchev–Trinajstić information content (AvgIpc) is 2.92. The zero-order valence-electron chi connectivity index (χ0n) is 11.7. The maximum atomic E-state index is 4.41. The Morgan fingerprint density at radius 3 is 2.80 bits per heavy atom. The van der Waals surface area contributed by atoms with Crippen LogP contribution in [-0.4, -0.2) is 39.1 Å². The lowest BCUT2D eigenvalue weighted by atomic mass is 10.0. The molecule has 0 aromatic carbocycles. The van der Waals surface area contributed by atoms with E-state index in [1.165, 1.54) is 0 Å². The molecule has 0 bridgehead atoms. The third kappa shape index (κ3) is 3.14. The number of rotatable bonds is 4. The number of aryl methyl sites for hydroxylation is 1. The van der Waals surface area contributed by atoms with Crippen molar-refractivity contribution < 1.29 is 0 Å². The number of pyridine rings is 1. The minimum Gasteiger partial charge on any atom is -0.357 e. The van der Waals surface area contributed by atoms with Crippen molar-refractivity contribution in [3.8, 4) is 0 Å². The summed E-state index contributed by atoms with van der Waals surface area (Å²) < 4.78 is 1.74. The first kappa shape index (κ1) is 13.1. The van der Waals surface area contributed by atoms with Crippen LogP contribution in [0.4, 0.5) is 5.82 Å². The van der Waals surface area contributed by atoms with Crippen LogP contribution >= 0.6 is 0 Å². The summed E-state index contributed by atoms with van der Waals surface area (Å²) in [4.78, 5) is 6.76. The highest BCUT2D eigenvalue weighted by atomic mass is 15.4. The molecule has 6 nitrogen and oxygen atoms in total. The van der Waals surface area contributed by atoms with E-state index in [4.69, 9.17) is 0 Å². The van der Waals surface area contributed by atoms with E-state index in [2.05, 4.69) is 31.6 Å². The van der Waals surface area contributed by atoms with Crippen LogP contribution in [0.3, 0.4) is 0 Å². The molecule has 1 aliphatic heterocycles. The van der Waals surface area contributed by atoms with Crippen molar-refractivity contribution in [2.45, 2.75) is 25.4 Å². The fraction of sp³-hybridized carbons (Fsp3) is 0.500. The standard InChI is InChI=1S/C14H20N6/c1-19-11-13(17-18-19)10-16-12-5-8-20(9-6-12)14-4-2-3-7-15-14/h2-4,7,11-12,16H,5-6,8-10H2,1H3. The Hall–Kier alpha value is -1.95. The second-order valence-electron chi connectivity index (χ2n) is 5.21. The Bertz CT molecular complexity index is 530. The topological polar surface area (TPSA) is 58.9 Å². The number of nitrogens with one attached hydrogen (secondary N) is 1. The van der Waals surface area contributed by atoms with Crippen molar-refractivity contribution >= 4 is 5.82 Å². The summed E-state index contributed by atoms with van der Waals surface area (Å²) in [5.41, 5.74) is 1.000. The van der Waals surface area contributed by atoms with Gasteiger partial charge in [-0.15, -0.1) is 5.10 Å². The lowest BCUT2D eigenvalue weighted by Gasteiger charge is -2.33. The quantitative estimate of drug-likeness (QED) is 0.898. The van der Waals surface area contributed by atoms with Gasteiger partial charge < -0.3 is 10.2 Å². The molecule has 1 N–H and O–H groups in total. The molecule has 0 aliphatic carbocycles. The van der Waals surface area contributed by atoms with Crippen LogP contribution < -0.4 is 10.2 Å². The highest BCUT2D eigenvalue weighted by molar-refractivity contribution is 5.38. The van der Waals surface area contributed by atoms with Crippen LogP contribution in [0.1, 0.15) is 18.5 Å². The maximum absolute atomic E-state index is 4.41. The number of piperidine rings is 1. The van der Waals surface area contributed by atoms with E-state index in [-0.39, 0.29) is 0 Å².